The number of nitrogens with zero attached hydrogens (tertiary/aromatic N) is 2. The summed E-state index contributed by atoms with van der Waals surface area (Å²) in [7, 11) is -1.92. The number of methoxy groups -OCH3 is 1. The van der Waals surface area contributed by atoms with Gasteiger partial charge in [0.1, 0.15) is 5.75 Å². The van der Waals surface area contributed by atoms with Crippen LogP contribution >= 0.6 is 0 Å². The number of ether oxygens (including phenoxy) is 1. The Morgan fingerprint density at radius 1 is 1.00 bits per heavy atom. The van der Waals surface area contributed by atoms with Crippen molar-refractivity contribution in [1.29, 1.82) is 0 Å². The van der Waals surface area contributed by atoms with Gasteiger partial charge in [0.05, 0.1) is 19.1 Å². The number of nitrogens with one attached hydrogen (secondary N) is 1. The van der Waals surface area contributed by atoms with Crippen LogP contribution in [0.1, 0.15) is 19.8 Å². The van der Waals surface area contributed by atoms with E-state index in [1.807, 2.05) is 30.3 Å². The first kappa shape index (κ1) is 23.6. The molecule has 0 bridgehead atoms. The van der Waals surface area contributed by atoms with E-state index in [2.05, 4.69) is 28.9 Å². The summed E-state index contributed by atoms with van der Waals surface area (Å²) in [6.45, 7) is 3.19. The predicted molar refractivity (Wildman–Crippen MR) is 138 cm³/mol. The third-order valence-corrected chi connectivity index (χ3v) is 7.09. The summed E-state index contributed by atoms with van der Waals surface area (Å²) in [4.78, 5) is 12.6. The fourth-order valence-corrected chi connectivity index (χ4v) is 5.28. The van der Waals surface area contributed by atoms with Crippen molar-refractivity contribution in [3.63, 3.8) is 0 Å². The van der Waals surface area contributed by atoms with E-state index < -0.39 is 10.0 Å². The largest absolute Gasteiger partial charge is 0.497 e. The molecule has 4 aromatic rings. The summed E-state index contributed by atoms with van der Waals surface area (Å²) in [6, 6.07) is 21.0. The van der Waals surface area contributed by atoms with Gasteiger partial charge in [-0.3, -0.25) is 9.10 Å². The van der Waals surface area contributed by atoms with Crippen molar-refractivity contribution in [3.05, 3.63) is 66.7 Å². The molecule has 0 aliphatic heterocycles. The van der Waals surface area contributed by atoms with Gasteiger partial charge in [-0.25, -0.2) is 8.42 Å². The van der Waals surface area contributed by atoms with Crippen LogP contribution in [-0.2, 0) is 21.4 Å². The van der Waals surface area contributed by atoms with Gasteiger partial charge in [-0.1, -0.05) is 18.2 Å². The third kappa shape index (κ3) is 4.87. The minimum atomic E-state index is -3.48. The number of anilines is 2. The summed E-state index contributed by atoms with van der Waals surface area (Å²) in [5.74, 6) is 0.498. The standard InChI is InChI=1S/C26H29N3O4S/c1-4-28-24-9-6-5-8-22(24)23-18-19(11-16-25(23)28)27-26(30)10-7-17-29(34(3,31)32)20-12-14-21(33-2)15-13-20/h5-6,8-9,11-16,18H,4,7,10,17H2,1-3H3,(H,27,30). The molecule has 0 saturated heterocycles. The maximum atomic E-state index is 12.6. The summed E-state index contributed by atoms with van der Waals surface area (Å²) in [5, 5.41) is 5.21. The first-order chi connectivity index (χ1) is 16.3. The molecule has 0 atom stereocenters. The highest BCUT2D eigenvalue weighted by Crippen LogP contribution is 2.31. The highest BCUT2D eigenvalue weighted by molar-refractivity contribution is 7.92. The number of carbonyl (C=O) groups excluding carboxylic acids is 1. The van der Waals surface area contributed by atoms with E-state index >= 15 is 0 Å². The molecular weight excluding hydrogens is 450 g/mol. The van der Waals surface area contributed by atoms with Crippen molar-refractivity contribution >= 4 is 49.1 Å². The van der Waals surface area contributed by atoms with Crippen LogP contribution in [0.5, 0.6) is 5.75 Å². The number of hydrogen-bond acceptors (Lipinski definition) is 4. The minimum Gasteiger partial charge on any atom is -0.497 e. The highest BCUT2D eigenvalue weighted by Gasteiger charge is 2.18. The first-order valence-electron chi connectivity index (χ1n) is 11.2. The number of benzene rings is 3. The Morgan fingerprint density at radius 2 is 1.71 bits per heavy atom. The lowest BCUT2D eigenvalue weighted by Gasteiger charge is -2.22. The van der Waals surface area contributed by atoms with E-state index in [-0.39, 0.29) is 18.9 Å². The lowest BCUT2D eigenvalue weighted by atomic mass is 10.1. The molecule has 178 valence electrons. The van der Waals surface area contributed by atoms with Crippen LogP contribution in [0.15, 0.2) is 66.7 Å². The van der Waals surface area contributed by atoms with Crippen LogP contribution in [0.2, 0.25) is 0 Å². The molecule has 7 nitrogen and oxygen atoms in total. The third-order valence-electron chi connectivity index (χ3n) is 5.90. The summed E-state index contributed by atoms with van der Waals surface area (Å²) in [5.41, 5.74) is 3.57. The van der Waals surface area contributed by atoms with Gasteiger partial charge in [0.15, 0.2) is 0 Å². The zero-order chi connectivity index (χ0) is 24.3. The van der Waals surface area contributed by atoms with E-state index in [0.717, 1.165) is 28.5 Å². The summed E-state index contributed by atoms with van der Waals surface area (Å²) < 4.78 is 33.3. The molecule has 0 aliphatic rings. The Kier molecular flexibility index (Phi) is 6.79. The Hall–Kier alpha value is -3.52. The number of para-hydroxylation sites is 1. The van der Waals surface area contributed by atoms with E-state index in [1.54, 1.807) is 31.4 Å². The Morgan fingerprint density at radius 3 is 2.38 bits per heavy atom. The van der Waals surface area contributed by atoms with Gasteiger partial charge in [-0.2, -0.15) is 0 Å². The highest BCUT2D eigenvalue weighted by atomic mass is 32.2. The number of aromatic nitrogens is 1. The van der Waals surface area contributed by atoms with Crippen molar-refractivity contribution in [2.75, 3.05) is 29.5 Å². The number of hydrogen-bond donors (Lipinski definition) is 1. The van der Waals surface area contributed by atoms with E-state index in [4.69, 9.17) is 4.74 Å². The second-order valence-corrected chi connectivity index (χ2v) is 10.1. The van der Waals surface area contributed by atoms with Gasteiger partial charge < -0.3 is 14.6 Å². The molecule has 1 N–H and O–H groups in total. The van der Waals surface area contributed by atoms with Gasteiger partial charge in [-0.15, -0.1) is 0 Å². The van der Waals surface area contributed by atoms with Crippen molar-refractivity contribution < 1.29 is 17.9 Å². The molecule has 0 saturated carbocycles. The van der Waals surface area contributed by atoms with Crippen molar-refractivity contribution in [2.24, 2.45) is 0 Å². The van der Waals surface area contributed by atoms with Gasteiger partial charge in [0.25, 0.3) is 0 Å². The lowest BCUT2D eigenvalue weighted by Crippen LogP contribution is -2.31. The first-order valence-corrected chi connectivity index (χ1v) is 13.1. The van der Waals surface area contributed by atoms with E-state index in [1.165, 1.54) is 16.1 Å². The Balaban J connectivity index is 1.44. The molecule has 1 amide bonds. The van der Waals surface area contributed by atoms with Gasteiger partial charge in [0.2, 0.25) is 15.9 Å². The molecule has 8 heteroatoms. The Labute approximate surface area is 200 Å². The van der Waals surface area contributed by atoms with E-state index in [9.17, 15) is 13.2 Å². The molecule has 1 heterocycles. The van der Waals surface area contributed by atoms with Crippen LogP contribution in [0.25, 0.3) is 21.8 Å². The quantitative estimate of drug-likeness (QED) is 0.366. The molecule has 4 rings (SSSR count). The number of sulfonamides is 1. The van der Waals surface area contributed by atoms with Crippen LogP contribution in [0.3, 0.4) is 0 Å². The van der Waals surface area contributed by atoms with Gasteiger partial charge in [-0.05, 0) is 61.9 Å². The fraction of sp³-hybridized carbons (Fsp3) is 0.269. The zero-order valence-electron chi connectivity index (χ0n) is 19.6. The molecule has 0 spiro atoms. The maximum Gasteiger partial charge on any atom is 0.232 e. The van der Waals surface area contributed by atoms with Gasteiger partial charge >= 0.3 is 0 Å². The Bertz CT molecular complexity index is 1430. The summed E-state index contributed by atoms with van der Waals surface area (Å²) >= 11 is 0. The fourth-order valence-electron chi connectivity index (χ4n) is 4.31. The number of amides is 1. The predicted octanol–water partition coefficient (Wildman–Crippen LogP) is 5.01. The molecule has 1 aromatic heterocycles. The second-order valence-electron chi connectivity index (χ2n) is 8.18. The number of carbonyl (C=O) groups is 1. The zero-order valence-corrected chi connectivity index (χ0v) is 20.4. The molecule has 0 fully saturated rings. The normalized spacial score (nSPS) is 11.6. The van der Waals surface area contributed by atoms with Crippen LogP contribution in [0, 0.1) is 0 Å². The molecular formula is C26H29N3O4S. The van der Waals surface area contributed by atoms with Crippen LogP contribution in [0.4, 0.5) is 11.4 Å². The average molecular weight is 480 g/mol. The number of aryl methyl sites for hydroxylation is 1. The molecule has 3 aromatic carbocycles. The van der Waals surface area contributed by atoms with Crippen molar-refractivity contribution in [1.82, 2.24) is 4.57 Å². The van der Waals surface area contributed by atoms with Crippen molar-refractivity contribution in [3.8, 4) is 5.75 Å². The molecule has 34 heavy (non-hydrogen) atoms. The lowest BCUT2D eigenvalue weighted by molar-refractivity contribution is -0.116. The number of rotatable bonds is 9. The average Bonchev–Trinajstić information content (AvgIpc) is 3.14. The molecule has 0 radical (unpaired) electrons. The SMILES string of the molecule is CCn1c2ccccc2c2cc(NC(=O)CCCN(c3ccc(OC)cc3)S(C)(=O)=O)ccc21. The monoisotopic (exact) mass is 479 g/mol. The molecule has 0 unspecified atom stereocenters. The van der Waals surface area contributed by atoms with E-state index in [0.29, 0.717) is 17.9 Å². The topological polar surface area (TPSA) is 80.6 Å². The van der Waals surface area contributed by atoms with Crippen molar-refractivity contribution in [2.45, 2.75) is 26.3 Å². The minimum absolute atomic E-state index is 0.151. The van der Waals surface area contributed by atoms with Crippen LogP contribution < -0.4 is 14.4 Å². The smallest absolute Gasteiger partial charge is 0.232 e. The second kappa shape index (κ2) is 9.77. The summed E-state index contributed by atoms with van der Waals surface area (Å²) in [6.07, 6.45) is 1.76. The van der Waals surface area contributed by atoms with Gasteiger partial charge in [0, 0.05) is 47.0 Å². The maximum absolute atomic E-state index is 12.6. The van der Waals surface area contributed by atoms with Crippen LogP contribution in [-0.4, -0.2) is 38.8 Å². The molecule has 0 aliphatic carbocycles. The number of fused-ring (bicyclic) bond motifs is 3.